The van der Waals surface area contributed by atoms with Crippen molar-refractivity contribution in [2.75, 3.05) is 27.4 Å². The lowest BCUT2D eigenvalue weighted by atomic mass is 10.1. The Morgan fingerprint density at radius 3 is 2.33 bits per heavy atom. The number of carbonyl (C=O) groups excluding carboxylic acids is 1. The minimum absolute atomic E-state index is 0.00411. The van der Waals surface area contributed by atoms with E-state index >= 15 is 0 Å². The van der Waals surface area contributed by atoms with Gasteiger partial charge in [0.15, 0.2) is 23.6 Å². The quantitative estimate of drug-likeness (QED) is 0.689. The maximum Gasteiger partial charge on any atom is 0.274 e. The highest BCUT2D eigenvalue weighted by Gasteiger charge is 2.31. The van der Waals surface area contributed by atoms with Crippen molar-refractivity contribution in [1.82, 2.24) is 9.47 Å². The third kappa shape index (κ3) is 5.17. The zero-order valence-corrected chi connectivity index (χ0v) is 17.6. The number of aromatic nitrogens is 1. The molecule has 9 heteroatoms. The molecule has 1 aliphatic heterocycles. The Morgan fingerprint density at radius 1 is 1.10 bits per heavy atom. The molecular weight excluding hydrogens is 395 g/mol. The first-order valence-electron chi connectivity index (χ1n) is 9.63. The number of hydrogen-bond acceptors (Lipinski definition) is 6. The van der Waals surface area contributed by atoms with Crippen LogP contribution in [-0.4, -0.2) is 54.1 Å². The molecule has 2 aromatic rings. The molecule has 0 aliphatic carbocycles. The third-order valence-corrected chi connectivity index (χ3v) is 4.51. The number of benzene rings is 1. The third-order valence-electron chi connectivity index (χ3n) is 4.51. The number of fused-ring (bicyclic) bond motifs is 1. The maximum absolute atomic E-state index is 13.1. The normalized spacial score (nSPS) is 13.0. The van der Waals surface area contributed by atoms with Gasteiger partial charge in [0.25, 0.3) is 5.91 Å². The van der Waals surface area contributed by atoms with Gasteiger partial charge in [-0.1, -0.05) is 26.0 Å². The number of carbonyl (C=O) groups is 1. The number of nitrogens with zero attached hydrogens (tertiary/aromatic N) is 2. The molecule has 0 saturated heterocycles. The van der Waals surface area contributed by atoms with Gasteiger partial charge in [-0.2, -0.15) is 0 Å². The smallest absolute Gasteiger partial charge is 0.274 e. The molecule has 1 aliphatic rings. The monoisotopic (exact) mass is 422 g/mol. The summed E-state index contributed by atoms with van der Waals surface area (Å²) < 4.78 is 30.2. The number of aromatic hydroxyl groups is 1. The van der Waals surface area contributed by atoms with E-state index < -0.39 is 23.4 Å². The van der Waals surface area contributed by atoms with Gasteiger partial charge in [0.1, 0.15) is 12.4 Å². The minimum atomic E-state index is -0.718. The van der Waals surface area contributed by atoms with Crippen LogP contribution >= 0.6 is 0 Å². The van der Waals surface area contributed by atoms with Gasteiger partial charge in [-0.3, -0.25) is 9.59 Å². The Bertz CT molecular complexity index is 909. The van der Waals surface area contributed by atoms with Crippen molar-refractivity contribution in [3.8, 4) is 11.6 Å². The molecule has 3 rings (SSSR count). The van der Waals surface area contributed by atoms with Gasteiger partial charge >= 0.3 is 0 Å². The molecule has 164 valence electrons. The first-order chi connectivity index (χ1) is 14.4. The Morgan fingerprint density at radius 2 is 1.73 bits per heavy atom. The summed E-state index contributed by atoms with van der Waals surface area (Å²) in [6.45, 7) is 4.88. The van der Waals surface area contributed by atoms with E-state index in [9.17, 15) is 19.1 Å². The van der Waals surface area contributed by atoms with Crippen molar-refractivity contribution in [3.63, 3.8) is 0 Å². The highest BCUT2D eigenvalue weighted by Crippen LogP contribution is 2.26. The van der Waals surface area contributed by atoms with Gasteiger partial charge in [-0.25, -0.2) is 4.39 Å². The lowest BCUT2D eigenvalue weighted by Crippen LogP contribution is -2.41. The Labute approximate surface area is 174 Å². The van der Waals surface area contributed by atoms with E-state index in [1.165, 1.54) is 35.8 Å². The average molecular weight is 422 g/mol. The summed E-state index contributed by atoms with van der Waals surface area (Å²) in [5, 5.41) is 10.2. The first-order valence-corrected chi connectivity index (χ1v) is 9.63. The summed E-state index contributed by atoms with van der Waals surface area (Å²) in [5.41, 5.74) is -0.118. The van der Waals surface area contributed by atoms with Crippen molar-refractivity contribution in [2.24, 2.45) is 0 Å². The van der Waals surface area contributed by atoms with Crippen LogP contribution in [0.4, 0.5) is 4.39 Å². The average Bonchev–Trinajstić information content (AvgIpc) is 2.76. The van der Waals surface area contributed by atoms with Gasteiger partial charge in [0.2, 0.25) is 5.43 Å². The molecule has 1 aromatic carbocycles. The second-order valence-corrected chi connectivity index (χ2v) is 6.26. The predicted molar refractivity (Wildman–Crippen MR) is 108 cm³/mol. The number of pyridine rings is 1. The van der Waals surface area contributed by atoms with Gasteiger partial charge in [-0.15, -0.1) is 0 Å². The van der Waals surface area contributed by atoms with Crippen molar-refractivity contribution in [2.45, 2.75) is 33.2 Å². The molecular formula is C21H27FN2O6. The van der Waals surface area contributed by atoms with Crippen LogP contribution in [0.25, 0.3) is 0 Å². The molecule has 30 heavy (non-hydrogen) atoms. The summed E-state index contributed by atoms with van der Waals surface area (Å²) in [5.74, 6) is -1.36. The molecule has 0 saturated carbocycles. The zero-order chi connectivity index (χ0) is 22.3. The summed E-state index contributed by atoms with van der Waals surface area (Å²) in [6, 6.07) is 6.92. The fourth-order valence-electron chi connectivity index (χ4n) is 2.99. The summed E-state index contributed by atoms with van der Waals surface area (Å²) >= 11 is 0. The van der Waals surface area contributed by atoms with E-state index in [-0.39, 0.29) is 30.5 Å². The molecule has 1 aromatic heterocycles. The van der Waals surface area contributed by atoms with Crippen molar-refractivity contribution >= 4 is 5.91 Å². The fraction of sp³-hybridized carbons (Fsp3) is 0.429. The Kier molecular flexibility index (Phi) is 8.37. The number of methoxy groups -OCH3 is 2. The number of hydrogen-bond donors (Lipinski definition) is 1. The number of halogens is 1. The molecule has 0 spiro atoms. The molecule has 1 N–H and O–H groups in total. The van der Waals surface area contributed by atoms with Gasteiger partial charge in [0.05, 0.1) is 0 Å². The van der Waals surface area contributed by atoms with Crippen molar-refractivity contribution in [3.05, 3.63) is 57.6 Å². The second kappa shape index (κ2) is 10.7. The van der Waals surface area contributed by atoms with Crippen LogP contribution in [0.2, 0.25) is 0 Å². The van der Waals surface area contributed by atoms with Crippen LogP contribution in [0.15, 0.2) is 35.1 Å². The summed E-state index contributed by atoms with van der Waals surface area (Å²) in [6.07, 6.45) is -0.644. The minimum Gasteiger partial charge on any atom is -0.503 e. The SMILES string of the molecule is CC.COC(COc1cc(=O)c(O)c2n1CCN(Cc1ccc(F)cc1)C2=O)OC. The van der Waals surface area contributed by atoms with Crippen LogP contribution in [-0.2, 0) is 22.6 Å². The number of ether oxygens (including phenoxy) is 3. The zero-order valence-electron chi connectivity index (χ0n) is 17.6. The lowest BCUT2D eigenvalue weighted by Gasteiger charge is -2.31. The van der Waals surface area contributed by atoms with Crippen LogP contribution < -0.4 is 10.2 Å². The molecule has 2 heterocycles. The largest absolute Gasteiger partial charge is 0.503 e. The number of amides is 1. The van der Waals surface area contributed by atoms with Crippen LogP contribution in [0, 0.1) is 5.82 Å². The maximum atomic E-state index is 13.1. The van der Waals surface area contributed by atoms with Crippen LogP contribution in [0.3, 0.4) is 0 Å². The Balaban J connectivity index is 0.00000155. The standard InChI is InChI=1S/C19H21FN2O6.C2H6/c1-26-16(27-2)11-28-15-9-14(23)18(24)17-19(25)21(7-8-22(15)17)10-12-3-5-13(20)6-4-12;1-2/h3-6,9,16,24H,7-8,10-11H2,1-2H3;1-2H3. The van der Waals surface area contributed by atoms with Crippen molar-refractivity contribution in [1.29, 1.82) is 0 Å². The van der Waals surface area contributed by atoms with E-state index in [1.807, 2.05) is 13.8 Å². The van der Waals surface area contributed by atoms with Gasteiger partial charge in [-0.05, 0) is 17.7 Å². The van der Waals surface area contributed by atoms with E-state index in [1.54, 1.807) is 12.1 Å². The van der Waals surface area contributed by atoms with Gasteiger partial charge in [0, 0.05) is 39.9 Å². The van der Waals surface area contributed by atoms with E-state index in [0.717, 1.165) is 11.6 Å². The predicted octanol–water partition coefficient (Wildman–Crippen LogP) is 2.37. The van der Waals surface area contributed by atoms with Crippen LogP contribution in [0.5, 0.6) is 11.6 Å². The number of rotatable bonds is 7. The van der Waals surface area contributed by atoms with Gasteiger partial charge < -0.3 is 28.8 Å². The Hall–Kier alpha value is -2.91. The van der Waals surface area contributed by atoms with Crippen molar-refractivity contribution < 1.29 is 28.5 Å². The first kappa shape index (κ1) is 23.4. The second-order valence-electron chi connectivity index (χ2n) is 6.26. The molecule has 0 unspecified atom stereocenters. The van der Waals surface area contributed by atoms with E-state index in [0.29, 0.717) is 13.1 Å². The van der Waals surface area contributed by atoms with E-state index in [4.69, 9.17) is 14.2 Å². The van der Waals surface area contributed by atoms with E-state index in [2.05, 4.69) is 0 Å². The van der Waals surface area contributed by atoms with Crippen LogP contribution in [0.1, 0.15) is 29.9 Å². The summed E-state index contributed by atoms with van der Waals surface area (Å²) in [4.78, 5) is 26.5. The molecule has 1 amide bonds. The fourth-order valence-corrected chi connectivity index (χ4v) is 2.99. The topological polar surface area (TPSA) is 90.2 Å². The molecule has 0 atom stereocenters. The molecule has 0 radical (unpaired) electrons. The highest BCUT2D eigenvalue weighted by atomic mass is 19.1. The lowest BCUT2D eigenvalue weighted by molar-refractivity contribution is -0.123. The highest BCUT2D eigenvalue weighted by molar-refractivity contribution is 5.96. The summed E-state index contributed by atoms with van der Waals surface area (Å²) in [7, 11) is 2.90. The molecule has 0 bridgehead atoms. The molecule has 0 fully saturated rings. The molecule has 8 nitrogen and oxygen atoms in total.